The molecule has 1 aromatic rings. The molecule has 0 saturated carbocycles. The highest BCUT2D eigenvalue weighted by Gasteiger charge is 2.21. The summed E-state index contributed by atoms with van der Waals surface area (Å²) >= 11 is 3.00. The van der Waals surface area contributed by atoms with Gasteiger partial charge in [-0.05, 0) is 34.1 Å². The third kappa shape index (κ3) is 3.52. The van der Waals surface area contributed by atoms with Gasteiger partial charge >= 0.3 is 5.97 Å². The Morgan fingerprint density at radius 1 is 1.39 bits per heavy atom. The average molecular weight is 339 g/mol. The molecule has 8 heteroatoms. The summed E-state index contributed by atoms with van der Waals surface area (Å²) in [5, 5.41) is 26.6. The molecular weight excluding hydrogens is 328 g/mol. The zero-order chi connectivity index (χ0) is 13.9. The number of aliphatic hydroxyl groups excluding tert-OH is 2. The van der Waals surface area contributed by atoms with Gasteiger partial charge in [-0.1, -0.05) is 0 Å². The van der Waals surface area contributed by atoms with Gasteiger partial charge in [0.05, 0.1) is 28.9 Å². The monoisotopic (exact) mass is 338 g/mol. The Labute approximate surface area is 112 Å². The van der Waals surface area contributed by atoms with Gasteiger partial charge in [-0.25, -0.2) is 13.2 Å². The molecule has 0 spiro atoms. The molecule has 6 nitrogen and oxygen atoms in total. The zero-order valence-electron chi connectivity index (χ0n) is 9.08. The highest BCUT2D eigenvalue weighted by atomic mass is 79.9. The molecule has 0 saturated heterocycles. The van der Waals surface area contributed by atoms with E-state index in [1.165, 1.54) is 12.1 Å². The van der Waals surface area contributed by atoms with Crippen molar-refractivity contribution in [2.45, 2.75) is 11.0 Å². The predicted molar refractivity (Wildman–Crippen MR) is 66.2 cm³/mol. The lowest BCUT2D eigenvalue weighted by molar-refractivity contribution is 0.0695. The lowest BCUT2D eigenvalue weighted by Gasteiger charge is -2.09. The number of halogens is 1. The first-order valence-electron chi connectivity index (χ1n) is 4.82. The van der Waals surface area contributed by atoms with Gasteiger partial charge in [0.25, 0.3) is 0 Å². The van der Waals surface area contributed by atoms with E-state index >= 15 is 0 Å². The van der Waals surface area contributed by atoms with Crippen LogP contribution in [-0.2, 0) is 9.84 Å². The van der Waals surface area contributed by atoms with E-state index in [1.807, 2.05) is 0 Å². The highest BCUT2D eigenvalue weighted by molar-refractivity contribution is 9.10. The van der Waals surface area contributed by atoms with E-state index in [-0.39, 0.29) is 14.9 Å². The summed E-state index contributed by atoms with van der Waals surface area (Å²) in [6, 6.07) is 3.55. The number of aromatic carboxylic acids is 1. The lowest BCUT2D eigenvalue weighted by Crippen LogP contribution is -2.24. The standard InChI is InChI=1S/C10H11BrO6S/c11-9-2-1-7(3-8(9)10(14)15)18(16,17)5-6(13)4-12/h1-3,6,12-13H,4-5H2,(H,14,15). The number of hydrogen-bond acceptors (Lipinski definition) is 5. The van der Waals surface area contributed by atoms with Gasteiger partial charge in [0.2, 0.25) is 0 Å². The van der Waals surface area contributed by atoms with Crippen LogP contribution < -0.4 is 0 Å². The Hall–Kier alpha value is -0.960. The molecule has 0 aliphatic heterocycles. The van der Waals surface area contributed by atoms with Crippen LogP contribution in [-0.4, -0.2) is 48.2 Å². The molecule has 18 heavy (non-hydrogen) atoms. The fraction of sp³-hybridized carbons (Fsp3) is 0.300. The zero-order valence-corrected chi connectivity index (χ0v) is 11.5. The van der Waals surface area contributed by atoms with Crippen molar-refractivity contribution in [3.8, 4) is 0 Å². The number of rotatable bonds is 5. The maximum Gasteiger partial charge on any atom is 0.336 e. The van der Waals surface area contributed by atoms with Gasteiger partial charge in [0.15, 0.2) is 9.84 Å². The van der Waals surface area contributed by atoms with Crippen molar-refractivity contribution in [1.82, 2.24) is 0 Å². The number of carboxylic acid groups (broad SMARTS) is 1. The first-order valence-corrected chi connectivity index (χ1v) is 7.27. The number of aliphatic hydroxyl groups is 2. The molecule has 1 aromatic carbocycles. The van der Waals surface area contributed by atoms with E-state index in [0.717, 1.165) is 6.07 Å². The third-order valence-electron chi connectivity index (χ3n) is 2.15. The summed E-state index contributed by atoms with van der Waals surface area (Å²) in [4.78, 5) is 10.7. The van der Waals surface area contributed by atoms with Gasteiger partial charge in [-0.2, -0.15) is 0 Å². The van der Waals surface area contributed by atoms with E-state index in [1.54, 1.807) is 0 Å². The molecule has 0 aromatic heterocycles. The third-order valence-corrected chi connectivity index (χ3v) is 4.64. The fourth-order valence-corrected chi connectivity index (χ4v) is 3.06. The summed E-state index contributed by atoms with van der Waals surface area (Å²) in [5.74, 6) is -1.92. The number of carbonyl (C=O) groups is 1. The molecule has 0 heterocycles. The largest absolute Gasteiger partial charge is 0.478 e. The van der Waals surface area contributed by atoms with Crippen LogP contribution in [0.2, 0.25) is 0 Å². The molecule has 0 aliphatic rings. The minimum atomic E-state index is -3.84. The summed E-state index contributed by atoms with van der Waals surface area (Å²) in [5.41, 5.74) is -0.186. The van der Waals surface area contributed by atoms with Crippen molar-refractivity contribution >= 4 is 31.7 Å². The first-order chi connectivity index (χ1) is 8.27. The highest BCUT2D eigenvalue weighted by Crippen LogP contribution is 2.22. The van der Waals surface area contributed by atoms with Gasteiger partial charge in [0, 0.05) is 4.47 Å². The Morgan fingerprint density at radius 2 is 2.00 bits per heavy atom. The summed E-state index contributed by atoms with van der Waals surface area (Å²) in [6.07, 6.45) is -1.40. The van der Waals surface area contributed by atoms with Gasteiger partial charge in [-0.15, -0.1) is 0 Å². The minimum absolute atomic E-state index is 0.186. The molecule has 0 bridgehead atoms. The van der Waals surface area contributed by atoms with Crippen LogP contribution in [0.25, 0.3) is 0 Å². The van der Waals surface area contributed by atoms with Crippen LogP contribution in [0.3, 0.4) is 0 Å². The molecule has 1 rings (SSSR count). The topological polar surface area (TPSA) is 112 Å². The van der Waals surface area contributed by atoms with Crippen molar-refractivity contribution in [3.05, 3.63) is 28.2 Å². The molecule has 1 unspecified atom stereocenters. The number of sulfone groups is 1. The molecular formula is C10H11BrO6S. The molecule has 0 fully saturated rings. The maximum atomic E-state index is 11.8. The van der Waals surface area contributed by atoms with Crippen molar-refractivity contribution in [3.63, 3.8) is 0 Å². The smallest absolute Gasteiger partial charge is 0.336 e. The van der Waals surface area contributed by atoms with Crippen molar-refractivity contribution in [1.29, 1.82) is 0 Å². The number of benzene rings is 1. The molecule has 3 N–H and O–H groups in total. The number of carboxylic acids is 1. The van der Waals surface area contributed by atoms with Crippen LogP contribution in [0.5, 0.6) is 0 Å². The summed E-state index contributed by atoms with van der Waals surface area (Å²) in [7, 11) is -3.84. The van der Waals surface area contributed by atoms with E-state index in [2.05, 4.69) is 15.9 Å². The normalized spacial score (nSPS) is 13.3. The second-order valence-electron chi connectivity index (χ2n) is 3.56. The van der Waals surface area contributed by atoms with Gasteiger partial charge in [0.1, 0.15) is 0 Å². The Kier molecular flexibility index (Phi) is 4.85. The van der Waals surface area contributed by atoms with Crippen LogP contribution in [0.4, 0.5) is 0 Å². The maximum absolute atomic E-state index is 11.8. The van der Waals surface area contributed by atoms with E-state index in [4.69, 9.17) is 15.3 Å². The molecule has 0 radical (unpaired) electrons. The van der Waals surface area contributed by atoms with Crippen LogP contribution in [0.15, 0.2) is 27.6 Å². The van der Waals surface area contributed by atoms with E-state index in [9.17, 15) is 13.2 Å². The lowest BCUT2D eigenvalue weighted by atomic mass is 10.2. The molecule has 0 amide bonds. The van der Waals surface area contributed by atoms with Crippen molar-refractivity contribution in [2.24, 2.45) is 0 Å². The fourth-order valence-electron chi connectivity index (χ4n) is 1.26. The summed E-state index contributed by atoms with van der Waals surface area (Å²) < 4.78 is 23.9. The SMILES string of the molecule is O=C(O)c1cc(S(=O)(=O)CC(O)CO)ccc1Br. The first kappa shape index (κ1) is 15.1. The Balaban J connectivity index is 3.18. The molecule has 1 atom stereocenters. The molecule has 100 valence electrons. The second-order valence-corrected chi connectivity index (χ2v) is 6.45. The second kappa shape index (κ2) is 5.79. The van der Waals surface area contributed by atoms with Crippen LogP contribution >= 0.6 is 15.9 Å². The van der Waals surface area contributed by atoms with Crippen LogP contribution in [0.1, 0.15) is 10.4 Å². The quantitative estimate of drug-likeness (QED) is 0.710. The van der Waals surface area contributed by atoms with Crippen LogP contribution in [0, 0.1) is 0 Å². The van der Waals surface area contributed by atoms with E-state index in [0.29, 0.717) is 0 Å². The van der Waals surface area contributed by atoms with Gasteiger partial charge in [-0.3, -0.25) is 0 Å². The van der Waals surface area contributed by atoms with Crippen molar-refractivity contribution in [2.75, 3.05) is 12.4 Å². The Morgan fingerprint density at radius 3 is 2.50 bits per heavy atom. The van der Waals surface area contributed by atoms with E-state index < -0.39 is 34.3 Å². The minimum Gasteiger partial charge on any atom is -0.478 e. The summed E-state index contributed by atoms with van der Waals surface area (Å²) in [6.45, 7) is -0.679. The van der Waals surface area contributed by atoms with Gasteiger partial charge < -0.3 is 15.3 Å². The predicted octanol–water partition coefficient (Wildman–Crippen LogP) is 0.274. The van der Waals surface area contributed by atoms with Crippen molar-refractivity contribution < 1.29 is 28.5 Å². The molecule has 0 aliphatic carbocycles. The average Bonchev–Trinajstić information content (AvgIpc) is 2.28. The number of hydrogen-bond donors (Lipinski definition) is 3. The Bertz CT molecular complexity index is 553.